The van der Waals surface area contributed by atoms with Gasteiger partial charge in [-0.05, 0) is 33.8 Å². The number of hydrogen-bond donors (Lipinski definition) is 0. The summed E-state index contributed by atoms with van der Waals surface area (Å²) in [5.74, 6) is 0.929. The average Bonchev–Trinajstić information content (AvgIpc) is 2.25. The van der Waals surface area contributed by atoms with Gasteiger partial charge in [-0.1, -0.05) is 17.8 Å². The van der Waals surface area contributed by atoms with Crippen molar-refractivity contribution in [2.45, 2.75) is 27.7 Å². The molecule has 0 atom stereocenters. The lowest BCUT2D eigenvalue weighted by molar-refractivity contribution is -0.920. The molecule has 88 valence electrons. The third kappa shape index (κ3) is 5.38. The fraction of sp³-hybridized carbons (Fsp3) is 0.750. The van der Waals surface area contributed by atoms with E-state index < -0.39 is 0 Å². The summed E-state index contributed by atoms with van der Waals surface area (Å²) in [6.07, 6.45) is 3.44. The van der Waals surface area contributed by atoms with Crippen molar-refractivity contribution < 1.29 is 9.28 Å². The van der Waals surface area contributed by atoms with Crippen LogP contribution in [0.1, 0.15) is 27.7 Å². The molecule has 15 heavy (non-hydrogen) atoms. The minimum absolute atomic E-state index is 0.180. The molecule has 0 spiro atoms. The smallest absolute Gasteiger partial charge is 0.212 e. The van der Waals surface area contributed by atoms with Crippen LogP contribution in [0.3, 0.4) is 0 Å². The van der Waals surface area contributed by atoms with Gasteiger partial charge >= 0.3 is 0 Å². The van der Waals surface area contributed by atoms with E-state index in [0.717, 1.165) is 36.4 Å². The number of nitrogens with zero attached hydrogens (tertiary/aromatic N) is 1. The fourth-order valence-electron chi connectivity index (χ4n) is 1.67. The van der Waals surface area contributed by atoms with Gasteiger partial charge in [-0.15, -0.1) is 0 Å². The molecule has 0 radical (unpaired) electrons. The van der Waals surface area contributed by atoms with Crippen LogP contribution in [0, 0.1) is 0 Å². The Hall–Kier alpha value is -0.280. The van der Waals surface area contributed by atoms with Crippen molar-refractivity contribution in [1.29, 1.82) is 0 Å². The van der Waals surface area contributed by atoms with Gasteiger partial charge in [0.05, 0.1) is 31.9 Å². The molecule has 0 bridgehead atoms. The van der Waals surface area contributed by atoms with Crippen molar-refractivity contribution in [3.63, 3.8) is 0 Å². The van der Waals surface area contributed by atoms with Crippen LogP contribution >= 0.6 is 11.8 Å². The van der Waals surface area contributed by atoms with Crippen LogP contribution in [0.15, 0.2) is 12.2 Å². The van der Waals surface area contributed by atoms with Crippen LogP contribution < -0.4 is 0 Å². The van der Waals surface area contributed by atoms with E-state index >= 15 is 0 Å². The molecule has 0 saturated heterocycles. The molecule has 2 nitrogen and oxygen atoms in total. The fourth-order valence-corrected chi connectivity index (χ4v) is 2.58. The lowest BCUT2D eigenvalue weighted by Gasteiger charge is -2.35. The predicted octanol–water partition coefficient (Wildman–Crippen LogP) is 2.70. The first-order chi connectivity index (χ1) is 7.14. The number of allylic oxidation sites excluding steroid dienone is 1. The monoisotopic (exact) mass is 230 g/mol. The molecular formula is C12H24NOS+. The summed E-state index contributed by atoms with van der Waals surface area (Å²) in [6.45, 7) is 13.1. The van der Waals surface area contributed by atoms with Crippen LogP contribution in [-0.4, -0.2) is 41.5 Å². The molecule has 0 saturated carbocycles. The summed E-state index contributed by atoms with van der Waals surface area (Å²) < 4.78 is 1.12. The minimum Gasteiger partial charge on any atom is -0.324 e. The van der Waals surface area contributed by atoms with Gasteiger partial charge in [0.15, 0.2) is 0 Å². The largest absolute Gasteiger partial charge is 0.324 e. The Balaban J connectivity index is 3.96. The third-order valence-corrected chi connectivity index (χ3v) is 3.93. The number of carbonyl (C=O) groups excluding carboxylic acids is 1. The number of carbonyl (C=O) groups is 1. The predicted molar refractivity (Wildman–Crippen MR) is 69.0 cm³/mol. The summed E-state index contributed by atoms with van der Waals surface area (Å²) in [6, 6.07) is 0. The number of quaternary nitrogens is 1. The molecular weight excluding hydrogens is 206 g/mol. The summed E-state index contributed by atoms with van der Waals surface area (Å²) >= 11 is 1.43. The van der Waals surface area contributed by atoms with Crippen LogP contribution in [0.5, 0.6) is 0 Å². The van der Waals surface area contributed by atoms with Crippen LogP contribution in [0.4, 0.5) is 0 Å². The van der Waals surface area contributed by atoms with Crippen molar-refractivity contribution >= 4 is 16.9 Å². The Morgan fingerprint density at radius 1 is 1.20 bits per heavy atom. The van der Waals surface area contributed by atoms with Crippen molar-refractivity contribution in [3.8, 4) is 0 Å². The van der Waals surface area contributed by atoms with E-state index in [1.807, 2.05) is 6.92 Å². The van der Waals surface area contributed by atoms with E-state index in [9.17, 15) is 4.79 Å². The molecule has 0 fully saturated rings. The second-order valence-corrected chi connectivity index (χ2v) is 4.78. The third-order valence-electron chi connectivity index (χ3n) is 3.13. The van der Waals surface area contributed by atoms with Gasteiger partial charge in [-0.3, -0.25) is 4.79 Å². The number of rotatable bonds is 7. The van der Waals surface area contributed by atoms with Gasteiger partial charge in [0, 0.05) is 0 Å². The Morgan fingerprint density at radius 3 is 2.13 bits per heavy atom. The molecule has 0 N–H and O–H groups in total. The Labute approximate surface area is 98.3 Å². The maximum atomic E-state index is 11.3. The van der Waals surface area contributed by atoms with Gasteiger partial charge in [0.2, 0.25) is 5.12 Å². The van der Waals surface area contributed by atoms with Gasteiger partial charge in [0.25, 0.3) is 0 Å². The first kappa shape index (κ1) is 14.7. The zero-order valence-corrected chi connectivity index (χ0v) is 11.3. The van der Waals surface area contributed by atoms with Gasteiger partial charge in [-0.2, -0.15) is 0 Å². The van der Waals surface area contributed by atoms with Crippen LogP contribution in [0.2, 0.25) is 0 Å². The molecule has 3 heteroatoms. The standard InChI is InChI=1S/C12H24NOS/c1-5-9-12(14)15-11-10-13(6-2,7-3)8-4/h5,9H,6-8,10-11H2,1-4H3/q+1. The lowest BCUT2D eigenvalue weighted by atomic mass is 10.3. The molecule has 0 aromatic carbocycles. The summed E-state index contributed by atoms with van der Waals surface area (Å²) in [5, 5.41) is 0.180. The average molecular weight is 230 g/mol. The van der Waals surface area contributed by atoms with Crippen molar-refractivity contribution in [2.75, 3.05) is 31.9 Å². The van der Waals surface area contributed by atoms with E-state index in [1.54, 1.807) is 12.2 Å². The van der Waals surface area contributed by atoms with Gasteiger partial charge in [0.1, 0.15) is 0 Å². The quantitative estimate of drug-likeness (QED) is 0.494. The molecule has 0 rings (SSSR count). The Kier molecular flexibility index (Phi) is 7.79. The normalized spacial score (nSPS) is 12.3. The zero-order chi connectivity index (χ0) is 11.7. The molecule has 0 aromatic heterocycles. The van der Waals surface area contributed by atoms with Crippen molar-refractivity contribution in [1.82, 2.24) is 0 Å². The molecule has 0 aliphatic carbocycles. The molecule has 0 amide bonds. The Bertz CT molecular complexity index is 201. The first-order valence-corrected chi connectivity index (χ1v) is 6.77. The van der Waals surface area contributed by atoms with E-state index in [2.05, 4.69) is 20.8 Å². The number of thioether (sulfide) groups is 1. The summed E-state index contributed by atoms with van der Waals surface area (Å²) in [5.41, 5.74) is 0. The second kappa shape index (κ2) is 7.94. The zero-order valence-electron chi connectivity index (χ0n) is 10.5. The van der Waals surface area contributed by atoms with Crippen LogP contribution in [0.25, 0.3) is 0 Å². The van der Waals surface area contributed by atoms with Crippen LogP contribution in [-0.2, 0) is 4.79 Å². The molecule has 0 heterocycles. The highest BCUT2D eigenvalue weighted by Gasteiger charge is 2.20. The molecule has 0 aliphatic rings. The molecule has 0 aliphatic heterocycles. The minimum atomic E-state index is 0.180. The highest BCUT2D eigenvalue weighted by atomic mass is 32.2. The van der Waals surface area contributed by atoms with Gasteiger partial charge in [-0.25, -0.2) is 0 Å². The van der Waals surface area contributed by atoms with E-state index in [0.29, 0.717) is 0 Å². The van der Waals surface area contributed by atoms with Crippen molar-refractivity contribution in [3.05, 3.63) is 12.2 Å². The lowest BCUT2D eigenvalue weighted by Crippen LogP contribution is -2.49. The van der Waals surface area contributed by atoms with E-state index in [1.165, 1.54) is 11.8 Å². The molecule has 0 aromatic rings. The second-order valence-electron chi connectivity index (χ2n) is 3.68. The van der Waals surface area contributed by atoms with Crippen molar-refractivity contribution in [2.24, 2.45) is 0 Å². The number of hydrogen-bond acceptors (Lipinski definition) is 2. The topological polar surface area (TPSA) is 17.1 Å². The highest BCUT2D eigenvalue weighted by molar-refractivity contribution is 8.14. The molecule has 0 unspecified atom stereocenters. The first-order valence-electron chi connectivity index (χ1n) is 5.78. The van der Waals surface area contributed by atoms with E-state index in [4.69, 9.17) is 0 Å². The SMILES string of the molecule is CC=CC(=O)SCC[N+](CC)(CC)CC. The summed E-state index contributed by atoms with van der Waals surface area (Å²) in [4.78, 5) is 11.3. The Morgan fingerprint density at radius 2 is 1.73 bits per heavy atom. The highest BCUT2D eigenvalue weighted by Crippen LogP contribution is 2.10. The maximum Gasteiger partial charge on any atom is 0.212 e. The summed E-state index contributed by atoms with van der Waals surface area (Å²) in [7, 11) is 0. The maximum absolute atomic E-state index is 11.3. The van der Waals surface area contributed by atoms with Gasteiger partial charge < -0.3 is 4.48 Å². The van der Waals surface area contributed by atoms with E-state index in [-0.39, 0.29) is 5.12 Å².